The van der Waals surface area contributed by atoms with Crippen molar-refractivity contribution in [3.05, 3.63) is 59.2 Å². The lowest BCUT2D eigenvalue weighted by atomic mass is 10.1. The first-order valence-corrected chi connectivity index (χ1v) is 6.80. The van der Waals surface area contributed by atoms with Crippen molar-refractivity contribution in [2.24, 2.45) is 0 Å². The lowest BCUT2D eigenvalue weighted by Gasteiger charge is -2.16. The Kier molecular flexibility index (Phi) is 3.30. The molecule has 1 aliphatic rings. The number of hydrogen-bond acceptors (Lipinski definition) is 3. The van der Waals surface area contributed by atoms with Crippen LogP contribution in [0.5, 0.6) is 5.75 Å². The highest BCUT2D eigenvalue weighted by molar-refractivity contribution is 5.50. The first-order chi connectivity index (χ1) is 9.76. The highest BCUT2D eigenvalue weighted by Gasteiger charge is 2.22. The van der Waals surface area contributed by atoms with Crippen LogP contribution in [0.2, 0.25) is 0 Å². The molecule has 1 atom stereocenters. The number of phenols is 1. The molecule has 20 heavy (non-hydrogen) atoms. The molecular formula is C17H16N2O. The van der Waals surface area contributed by atoms with E-state index < -0.39 is 0 Å². The second-order valence-electron chi connectivity index (χ2n) is 5.15. The van der Waals surface area contributed by atoms with Crippen LogP contribution >= 0.6 is 0 Å². The Labute approximate surface area is 118 Å². The van der Waals surface area contributed by atoms with Crippen LogP contribution in [0.1, 0.15) is 29.2 Å². The zero-order chi connectivity index (χ0) is 13.9. The average Bonchev–Trinajstić information content (AvgIpc) is 2.83. The van der Waals surface area contributed by atoms with Gasteiger partial charge in [0.25, 0.3) is 0 Å². The van der Waals surface area contributed by atoms with E-state index in [1.807, 2.05) is 36.4 Å². The summed E-state index contributed by atoms with van der Waals surface area (Å²) in [6, 6.07) is 16.1. The molecule has 2 aromatic rings. The van der Waals surface area contributed by atoms with Gasteiger partial charge in [0.15, 0.2) is 0 Å². The maximum Gasteiger partial charge on any atom is 0.115 e. The van der Waals surface area contributed by atoms with Crippen molar-refractivity contribution in [1.82, 2.24) is 0 Å². The molecule has 0 spiro atoms. The number of fused-ring (bicyclic) bond motifs is 1. The van der Waals surface area contributed by atoms with Gasteiger partial charge in [-0.05, 0) is 53.8 Å². The van der Waals surface area contributed by atoms with Crippen LogP contribution in [-0.2, 0) is 12.8 Å². The first-order valence-electron chi connectivity index (χ1n) is 6.80. The number of benzene rings is 2. The third kappa shape index (κ3) is 2.46. The molecule has 0 aliphatic heterocycles. The monoisotopic (exact) mass is 264 g/mol. The van der Waals surface area contributed by atoms with Crippen molar-refractivity contribution < 1.29 is 5.11 Å². The van der Waals surface area contributed by atoms with Gasteiger partial charge < -0.3 is 10.4 Å². The van der Waals surface area contributed by atoms with Crippen LogP contribution in [0.25, 0.3) is 0 Å². The Balaban J connectivity index is 1.75. The summed E-state index contributed by atoms with van der Waals surface area (Å²) in [6.07, 6.45) is 2.48. The van der Waals surface area contributed by atoms with E-state index in [9.17, 15) is 5.11 Å². The Bertz CT molecular complexity index is 656. The lowest BCUT2D eigenvalue weighted by molar-refractivity contribution is 0.474. The van der Waals surface area contributed by atoms with Gasteiger partial charge in [-0.3, -0.25) is 0 Å². The summed E-state index contributed by atoms with van der Waals surface area (Å²) in [6.45, 7) is 0. The minimum Gasteiger partial charge on any atom is -0.508 e. The molecule has 0 saturated carbocycles. The van der Waals surface area contributed by atoms with Gasteiger partial charge in [-0.1, -0.05) is 18.2 Å². The Morgan fingerprint density at radius 3 is 2.75 bits per heavy atom. The number of rotatable bonds is 3. The van der Waals surface area contributed by atoms with Gasteiger partial charge >= 0.3 is 0 Å². The molecule has 0 heterocycles. The third-order valence-corrected chi connectivity index (χ3v) is 3.78. The largest absolute Gasteiger partial charge is 0.508 e. The van der Waals surface area contributed by atoms with Crippen LogP contribution < -0.4 is 5.32 Å². The van der Waals surface area contributed by atoms with Gasteiger partial charge in [0.1, 0.15) is 5.75 Å². The van der Waals surface area contributed by atoms with E-state index in [4.69, 9.17) is 5.26 Å². The van der Waals surface area contributed by atoms with E-state index in [0.29, 0.717) is 18.2 Å². The number of nitriles is 1. The Morgan fingerprint density at radius 1 is 1.20 bits per heavy atom. The minimum atomic E-state index is 0.299. The lowest BCUT2D eigenvalue weighted by Crippen LogP contribution is -2.06. The number of hydrogen-bond donors (Lipinski definition) is 2. The standard InChI is InChI=1S/C17H16N2O/c18-10-9-12-1-4-14(5-2-12)19-17-8-3-13-11-15(20)6-7-16(13)17/h1-2,4-7,11,17,19-20H,3,8-9H2. The zero-order valence-corrected chi connectivity index (χ0v) is 11.1. The molecule has 100 valence electrons. The molecule has 0 saturated heterocycles. The summed E-state index contributed by atoms with van der Waals surface area (Å²) in [4.78, 5) is 0. The summed E-state index contributed by atoms with van der Waals surface area (Å²) < 4.78 is 0. The van der Waals surface area contributed by atoms with E-state index >= 15 is 0 Å². The maximum absolute atomic E-state index is 9.51. The van der Waals surface area contributed by atoms with Crippen molar-refractivity contribution >= 4 is 5.69 Å². The highest BCUT2D eigenvalue weighted by Crippen LogP contribution is 2.35. The van der Waals surface area contributed by atoms with Gasteiger partial charge in [0.2, 0.25) is 0 Å². The molecule has 3 nitrogen and oxygen atoms in total. The normalized spacial score (nSPS) is 16.4. The first kappa shape index (κ1) is 12.6. The average molecular weight is 264 g/mol. The number of aromatic hydroxyl groups is 1. The second-order valence-corrected chi connectivity index (χ2v) is 5.15. The summed E-state index contributed by atoms with van der Waals surface area (Å²) in [5.74, 6) is 0.338. The number of phenolic OH excluding ortho intramolecular Hbond substituents is 1. The van der Waals surface area contributed by atoms with Crippen molar-refractivity contribution in [1.29, 1.82) is 5.26 Å². The topological polar surface area (TPSA) is 56.0 Å². The van der Waals surface area contributed by atoms with E-state index in [0.717, 1.165) is 24.1 Å². The summed E-state index contributed by atoms with van der Waals surface area (Å²) in [5, 5.41) is 21.7. The number of anilines is 1. The highest BCUT2D eigenvalue weighted by atomic mass is 16.3. The van der Waals surface area contributed by atoms with Gasteiger partial charge in [-0.25, -0.2) is 0 Å². The smallest absolute Gasteiger partial charge is 0.115 e. The fourth-order valence-electron chi connectivity index (χ4n) is 2.77. The molecule has 2 aromatic carbocycles. The van der Waals surface area contributed by atoms with Crippen LogP contribution in [0.3, 0.4) is 0 Å². The molecule has 1 unspecified atom stereocenters. The van der Waals surface area contributed by atoms with Gasteiger partial charge in [-0.2, -0.15) is 5.26 Å². The van der Waals surface area contributed by atoms with Crippen LogP contribution in [-0.4, -0.2) is 5.11 Å². The van der Waals surface area contributed by atoms with Gasteiger partial charge in [-0.15, -0.1) is 0 Å². The number of nitrogens with zero attached hydrogens (tertiary/aromatic N) is 1. The van der Waals surface area contributed by atoms with Gasteiger partial charge in [0, 0.05) is 5.69 Å². The minimum absolute atomic E-state index is 0.299. The predicted octanol–water partition coefficient (Wildman–Crippen LogP) is 3.56. The number of nitrogens with one attached hydrogen (secondary N) is 1. The van der Waals surface area contributed by atoms with Crippen molar-refractivity contribution in [3.8, 4) is 11.8 Å². The van der Waals surface area contributed by atoms with Crippen LogP contribution in [0.15, 0.2) is 42.5 Å². The molecule has 2 N–H and O–H groups in total. The van der Waals surface area contributed by atoms with Crippen LogP contribution in [0, 0.1) is 11.3 Å². The summed E-state index contributed by atoms with van der Waals surface area (Å²) in [5.41, 5.74) is 4.60. The van der Waals surface area contributed by atoms with Crippen molar-refractivity contribution in [3.63, 3.8) is 0 Å². The van der Waals surface area contributed by atoms with Crippen molar-refractivity contribution in [2.75, 3.05) is 5.32 Å². The maximum atomic E-state index is 9.51. The molecule has 0 radical (unpaired) electrons. The number of aryl methyl sites for hydroxylation is 1. The van der Waals surface area contributed by atoms with E-state index in [2.05, 4.69) is 11.4 Å². The fourth-order valence-corrected chi connectivity index (χ4v) is 2.77. The quantitative estimate of drug-likeness (QED) is 0.891. The predicted molar refractivity (Wildman–Crippen MR) is 78.6 cm³/mol. The van der Waals surface area contributed by atoms with E-state index in [1.54, 1.807) is 6.07 Å². The summed E-state index contributed by atoms with van der Waals surface area (Å²) in [7, 11) is 0. The molecule has 0 aromatic heterocycles. The molecule has 3 rings (SSSR count). The van der Waals surface area contributed by atoms with E-state index in [1.165, 1.54) is 11.1 Å². The molecule has 3 heteroatoms. The van der Waals surface area contributed by atoms with Crippen molar-refractivity contribution in [2.45, 2.75) is 25.3 Å². The molecular weight excluding hydrogens is 248 g/mol. The zero-order valence-electron chi connectivity index (χ0n) is 11.1. The fraction of sp³-hybridized carbons (Fsp3) is 0.235. The SMILES string of the molecule is N#CCc1ccc(NC2CCc3cc(O)ccc32)cc1. The van der Waals surface area contributed by atoms with Crippen LogP contribution in [0.4, 0.5) is 5.69 Å². The third-order valence-electron chi connectivity index (χ3n) is 3.78. The van der Waals surface area contributed by atoms with Gasteiger partial charge in [0.05, 0.1) is 18.5 Å². The molecule has 0 amide bonds. The molecule has 0 bridgehead atoms. The summed E-state index contributed by atoms with van der Waals surface area (Å²) >= 11 is 0. The second kappa shape index (κ2) is 5.26. The Morgan fingerprint density at radius 2 is 2.00 bits per heavy atom. The molecule has 0 fully saturated rings. The van der Waals surface area contributed by atoms with E-state index in [-0.39, 0.29) is 0 Å². The molecule has 1 aliphatic carbocycles. The Hall–Kier alpha value is -2.47.